The molecule has 4 rings (SSSR count). The monoisotopic (exact) mass is 628 g/mol. The zero-order valence-electron chi connectivity index (χ0n) is 20.0. The van der Waals surface area contributed by atoms with Crippen molar-refractivity contribution in [2.45, 2.75) is 26.2 Å². The lowest BCUT2D eigenvalue weighted by Crippen LogP contribution is -2.23. The molecule has 0 bridgehead atoms. The number of nitrogens with zero attached hydrogens (tertiary/aromatic N) is 3. The Morgan fingerprint density at radius 1 is 1.19 bits per heavy atom. The first-order chi connectivity index (χ1) is 17.8. The first-order valence-corrected chi connectivity index (χ1v) is 13.1. The van der Waals surface area contributed by atoms with Crippen molar-refractivity contribution >= 4 is 60.6 Å². The number of anilines is 1. The zero-order valence-corrected chi connectivity index (χ0v) is 23.2. The molecule has 1 aromatic heterocycles. The molecule has 0 spiro atoms. The minimum Gasteiger partial charge on any atom is -0.483 e. The number of halogens is 3. The molecule has 10 heteroatoms. The van der Waals surface area contributed by atoms with Crippen LogP contribution in [0.15, 0.2) is 79.5 Å². The lowest BCUT2D eigenvalue weighted by Gasteiger charge is -2.14. The molecule has 0 aliphatic rings. The van der Waals surface area contributed by atoms with Crippen LogP contribution in [0.25, 0.3) is 10.9 Å². The Bertz CT molecular complexity index is 1550. The van der Waals surface area contributed by atoms with E-state index in [0.717, 1.165) is 10.9 Å². The predicted molar refractivity (Wildman–Crippen MR) is 150 cm³/mol. The van der Waals surface area contributed by atoms with E-state index in [9.17, 15) is 14.0 Å². The van der Waals surface area contributed by atoms with Gasteiger partial charge >= 0.3 is 0 Å². The van der Waals surface area contributed by atoms with Crippen molar-refractivity contribution in [3.05, 3.63) is 97.2 Å². The molecule has 1 amide bonds. The van der Waals surface area contributed by atoms with Gasteiger partial charge < -0.3 is 10.1 Å². The van der Waals surface area contributed by atoms with Crippen molar-refractivity contribution in [3.63, 3.8) is 0 Å². The van der Waals surface area contributed by atoms with Gasteiger partial charge in [-0.25, -0.2) is 9.37 Å². The van der Waals surface area contributed by atoms with Crippen LogP contribution in [0, 0.1) is 5.82 Å². The van der Waals surface area contributed by atoms with Crippen molar-refractivity contribution in [1.29, 1.82) is 0 Å². The van der Waals surface area contributed by atoms with Crippen LogP contribution in [0.1, 0.15) is 37.6 Å². The fourth-order valence-electron chi connectivity index (χ4n) is 3.51. The third-order valence-electron chi connectivity index (χ3n) is 5.67. The van der Waals surface area contributed by atoms with Crippen LogP contribution in [-0.4, -0.2) is 28.4 Å². The van der Waals surface area contributed by atoms with Crippen LogP contribution in [-0.2, 0) is 4.79 Å². The number of carbonyl (C=O) groups excluding carboxylic acids is 1. The lowest BCUT2D eigenvalue weighted by atomic mass is 10.1. The number of aromatic nitrogens is 2. The number of hydrogen-bond acceptors (Lipinski definition) is 5. The van der Waals surface area contributed by atoms with Crippen LogP contribution >= 0.6 is 31.9 Å². The van der Waals surface area contributed by atoms with Gasteiger partial charge in [0.25, 0.3) is 11.5 Å². The van der Waals surface area contributed by atoms with Gasteiger partial charge in [0.2, 0.25) is 0 Å². The molecule has 0 aliphatic heterocycles. The molecule has 190 valence electrons. The highest BCUT2D eigenvalue weighted by Crippen LogP contribution is 2.26. The summed E-state index contributed by atoms with van der Waals surface area (Å²) in [6.45, 7) is 3.74. The van der Waals surface area contributed by atoms with Crippen molar-refractivity contribution in [3.8, 4) is 5.75 Å². The topological polar surface area (TPSA) is 85.6 Å². The van der Waals surface area contributed by atoms with Crippen LogP contribution in [0.2, 0.25) is 0 Å². The number of nitrogens with one attached hydrogen (secondary N) is 1. The van der Waals surface area contributed by atoms with E-state index in [4.69, 9.17) is 9.72 Å². The summed E-state index contributed by atoms with van der Waals surface area (Å²) in [7, 11) is 0. The van der Waals surface area contributed by atoms with E-state index < -0.39 is 11.7 Å². The molecule has 1 heterocycles. The summed E-state index contributed by atoms with van der Waals surface area (Å²) < 4.78 is 22.0. The fraction of sp³-hybridized carbons (Fsp3) is 0.185. The van der Waals surface area contributed by atoms with Crippen molar-refractivity contribution < 1.29 is 13.9 Å². The Morgan fingerprint density at radius 2 is 1.97 bits per heavy atom. The summed E-state index contributed by atoms with van der Waals surface area (Å²) in [6, 6.07) is 16.5. The Hall–Kier alpha value is -3.37. The highest BCUT2D eigenvalue weighted by Gasteiger charge is 2.16. The molecule has 4 aromatic rings. The maximum atomic E-state index is 13.7. The van der Waals surface area contributed by atoms with Crippen LogP contribution in [0.4, 0.5) is 10.1 Å². The van der Waals surface area contributed by atoms with E-state index in [1.165, 1.54) is 16.8 Å². The second kappa shape index (κ2) is 11.8. The zero-order chi connectivity index (χ0) is 26.5. The Balaban J connectivity index is 1.53. The van der Waals surface area contributed by atoms with Crippen molar-refractivity contribution in [2.24, 2.45) is 5.10 Å². The maximum Gasteiger partial charge on any atom is 0.282 e. The van der Waals surface area contributed by atoms with E-state index in [2.05, 4.69) is 42.3 Å². The maximum absolute atomic E-state index is 13.7. The Kier molecular flexibility index (Phi) is 8.50. The molecule has 1 atom stereocenters. The minimum atomic E-state index is -0.523. The van der Waals surface area contributed by atoms with Gasteiger partial charge in [-0.2, -0.15) is 9.78 Å². The van der Waals surface area contributed by atoms with E-state index >= 15 is 0 Å². The molecule has 0 aliphatic carbocycles. The number of ether oxygens (including phenoxy) is 1. The van der Waals surface area contributed by atoms with Crippen LogP contribution in [0.3, 0.4) is 0 Å². The second-order valence-corrected chi connectivity index (χ2v) is 10.1. The molecule has 0 saturated heterocycles. The smallest absolute Gasteiger partial charge is 0.282 e. The Morgan fingerprint density at radius 3 is 2.70 bits per heavy atom. The summed E-state index contributed by atoms with van der Waals surface area (Å²) in [5.41, 5.74) is 1.16. The first kappa shape index (κ1) is 26.7. The molecule has 1 N–H and O–H groups in total. The van der Waals surface area contributed by atoms with Gasteiger partial charge in [0.1, 0.15) is 17.4 Å². The van der Waals surface area contributed by atoms with Crippen LogP contribution < -0.4 is 15.6 Å². The molecule has 0 fully saturated rings. The van der Waals surface area contributed by atoms with Gasteiger partial charge in [-0.1, -0.05) is 41.9 Å². The average Bonchev–Trinajstić information content (AvgIpc) is 2.88. The number of benzene rings is 3. The van der Waals surface area contributed by atoms with Gasteiger partial charge in [-0.3, -0.25) is 9.59 Å². The number of fused-ring (bicyclic) bond motifs is 1. The molecule has 7 nitrogen and oxygen atoms in total. The van der Waals surface area contributed by atoms with Crippen molar-refractivity contribution in [1.82, 2.24) is 9.66 Å². The van der Waals surface area contributed by atoms with E-state index in [-0.39, 0.29) is 23.8 Å². The van der Waals surface area contributed by atoms with E-state index in [1.54, 1.807) is 42.6 Å². The van der Waals surface area contributed by atoms with Gasteiger partial charge in [0.05, 0.1) is 27.3 Å². The molecule has 0 saturated carbocycles. The highest BCUT2D eigenvalue weighted by atomic mass is 79.9. The second-order valence-electron chi connectivity index (χ2n) is 8.31. The summed E-state index contributed by atoms with van der Waals surface area (Å²) in [6.07, 6.45) is 2.37. The lowest BCUT2D eigenvalue weighted by molar-refractivity contribution is -0.118. The fourth-order valence-corrected chi connectivity index (χ4v) is 4.38. The van der Waals surface area contributed by atoms with Gasteiger partial charge in [0, 0.05) is 10.4 Å². The molecule has 37 heavy (non-hydrogen) atoms. The number of hydrogen-bond donors (Lipinski definition) is 1. The third-order valence-corrected chi connectivity index (χ3v) is 6.78. The summed E-state index contributed by atoms with van der Waals surface area (Å²) in [4.78, 5) is 30.1. The minimum absolute atomic E-state index is 0.0240. The number of rotatable bonds is 8. The highest BCUT2D eigenvalue weighted by molar-refractivity contribution is 9.10. The molecular weight excluding hydrogens is 607 g/mol. The quantitative estimate of drug-likeness (QED) is 0.226. The van der Waals surface area contributed by atoms with E-state index in [1.807, 2.05) is 26.0 Å². The molecule has 0 unspecified atom stereocenters. The standard InChI is InChI=1S/C27H23Br2FN4O3/c1-3-16(2)26-33-22-10-9-18(28)13-19(22)27(36)34(26)31-14-17-8-11-24(20(29)12-17)37-15-25(35)32-23-7-5-4-6-21(23)30/h4-14,16H,3,15H2,1-2H3,(H,32,35)/t16-/m1/s1. The number of carbonyl (C=O) groups is 1. The number of para-hydroxylation sites is 1. The SMILES string of the molecule is CC[C@@H](C)c1nc2ccc(Br)cc2c(=O)n1N=Cc1ccc(OCC(=O)Nc2ccccc2F)c(Br)c1. The Labute approximate surface area is 229 Å². The van der Waals surface area contributed by atoms with E-state index in [0.29, 0.717) is 32.5 Å². The summed E-state index contributed by atoms with van der Waals surface area (Å²) >= 11 is 6.85. The summed E-state index contributed by atoms with van der Waals surface area (Å²) in [5.74, 6) is 0.0189. The predicted octanol–water partition coefficient (Wildman–Crippen LogP) is 6.47. The molecular formula is C27H23Br2FN4O3. The number of amides is 1. The third kappa shape index (κ3) is 6.31. The average molecular weight is 630 g/mol. The van der Waals surface area contributed by atoms with Gasteiger partial charge in [-0.05, 0) is 76.4 Å². The van der Waals surface area contributed by atoms with Crippen molar-refractivity contribution in [2.75, 3.05) is 11.9 Å². The normalized spacial score (nSPS) is 12.1. The summed E-state index contributed by atoms with van der Waals surface area (Å²) in [5, 5.41) is 7.41. The van der Waals surface area contributed by atoms with Gasteiger partial charge in [0.15, 0.2) is 6.61 Å². The van der Waals surface area contributed by atoms with Gasteiger partial charge in [-0.15, -0.1) is 0 Å². The molecule has 0 radical (unpaired) electrons. The molecule has 3 aromatic carbocycles. The first-order valence-electron chi connectivity index (χ1n) is 11.5. The van der Waals surface area contributed by atoms with Crippen LogP contribution in [0.5, 0.6) is 5.75 Å². The largest absolute Gasteiger partial charge is 0.483 e.